The van der Waals surface area contributed by atoms with Gasteiger partial charge in [0.1, 0.15) is 5.78 Å². The van der Waals surface area contributed by atoms with E-state index in [1.54, 1.807) is 13.2 Å². The maximum atomic E-state index is 13.4. The Bertz CT molecular complexity index is 738. The highest BCUT2D eigenvalue weighted by Crippen LogP contribution is 2.53. The molecule has 1 aliphatic carbocycles. The molecule has 2 unspecified atom stereocenters. The lowest BCUT2D eigenvalue weighted by molar-refractivity contribution is -0.124. The number of carbonyl (C=O) groups is 2. The highest BCUT2D eigenvalue weighted by atomic mass is 19.3. The smallest absolute Gasteiger partial charge is 0.270 e. The molecule has 7 heteroatoms. The second-order valence-electron chi connectivity index (χ2n) is 8.31. The summed E-state index contributed by atoms with van der Waals surface area (Å²) in [4.78, 5) is 27.1. The summed E-state index contributed by atoms with van der Waals surface area (Å²) in [5.41, 5.74) is 0.171. The number of fused-ring (bicyclic) bond motifs is 1. The minimum Gasteiger partial charge on any atom is -0.383 e. The van der Waals surface area contributed by atoms with Gasteiger partial charge < -0.3 is 10.1 Å². The van der Waals surface area contributed by atoms with Crippen LogP contribution in [0, 0.1) is 17.8 Å². The summed E-state index contributed by atoms with van der Waals surface area (Å²) in [6, 6.07) is 6.05. The predicted octanol–water partition coefficient (Wildman–Crippen LogP) is 3.69. The number of rotatable bonds is 10. The predicted molar refractivity (Wildman–Crippen MR) is 107 cm³/mol. The molecule has 0 radical (unpaired) electrons. The highest BCUT2D eigenvalue weighted by Gasteiger charge is 2.59. The summed E-state index contributed by atoms with van der Waals surface area (Å²) in [6.45, 7) is 5.52. The number of ketones is 1. The molecule has 5 nitrogen and oxygen atoms in total. The van der Waals surface area contributed by atoms with Gasteiger partial charge in [0.25, 0.3) is 5.92 Å². The van der Waals surface area contributed by atoms with Gasteiger partial charge in [-0.05, 0) is 30.4 Å². The molecule has 1 N–H and O–H groups in total. The van der Waals surface area contributed by atoms with E-state index >= 15 is 0 Å². The van der Waals surface area contributed by atoms with Gasteiger partial charge in [0.05, 0.1) is 6.61 Å². The molecule has 1 aromatic rings. The lowest BCUT2D eigenvalue weighted by Crippen LogP contribution is -2.38. The fourth-order valence-electron chi connectivity index (χ4n) is 4.51. The van der Waals surface area contributed by atoms with Crippen molar-refractivity contribution in [1.82, 2.24) is 4.90 Å². The Hall–Kier alpha value is -1.86. The van der Waals surface area contributed by atoms with Crippen LogP contribution in [-0.2, 0) is 20.2 Å². The highest BCUT2D eigenvalue weighted by molar-refractivity contribution is 5.94. The fraction of sp³-hybridized carbons (Fsp3) is 0.636. The fourth-order valence-corrected chi connectivity index (χ4v) is 4.51. The Labute approximate surface area is 170 Å². The van der Waals surface area contributed by atoms with Crippen molar-refractivity contribution < 1.29 is 23.1 Å². The van der Waals surface area contributed by atoms with Crippen molar-refractivity contribution in [3.63, 3.8) is 0 Å². The van der Waals surface area contributed by atoms with Crippen molar-refractivity contribution in [2.45, 2.75) is 45.1 Å². The van der Waals surface area contributed by atoms with Crippen molar-refractivity contribution in [2.75, 3.05) is 32.1 Å². The van der Waals surface area contributed by atoms with E-state index in [1.165, 1.54) is 18.2 Å². The molecule has 0 bridgehead atoms. The maximum absolute atomic E-state index is 13.4. The molecule has 1 heterocycles. The third-order valence-corrected chi connectivity index (χ3v) is 6.19. The lowest BCUT2D eigenvalue weighted by atomic mass is 10.1. The second-order valence-corrected chi connectivity index (χ2v) is 8.31. The SMILES string of the molecule is CCC(COC)N1C[C@@H]2C(C(=O)CCC(=O)Nc3cccc(C(C)(F)F)c3)[C@@H]2C1. The molecule has 2 aliphatic rings. The topological polar surface area (TPSA) is 58.6 Å². The number of ether oxygens (including phenoxy) is 1. The van der Waals surface area contributed by atoms with Crippen molar-refractivity contribution >= 4 is 17.4 Å². The Balaban J connectivity index is 1.43. The van der Waals surface area contributed by atoms with Gasteiger partial charge in [-0.1, -0.05) is 19.1 Å². The van der Waals surface area contributed by atoms with E-state index in [1.807, 2.05) is 0 Å². The van der Waals surface area contributed by atoms with E-state index in [0.717, 1.165) is 26.4 Å². The number of methoxy groups -OCH3 is 1. The molecule has 1 amide bonds. The zero-order chi connectivity index (χ0) is 21.2. The molecule has 1 aromatic carbocycles. The van der Waals surface area contributed by atoms with Crippen LogP contribution in [0.2, 0.25) is 0 Å². The molecule has 1 aliphatic heterocycles. The summed E-state index contributed by atoms with van der Waals surface area (Å²) in [5, 5.41) is 2.62. The number of likely N-dealkylation sites (tertiary alicyclic amines) is 1. The van der Waals surface area contributed by atoms with Gasteiger partial charge in [-0.25, -0.2) is 8.78 Å². The van der Waals surface area contributed by atoms with E-state index < -0.39 is 5.92 Å². The average molecular weight is 408 g/mol. The van der Waals surface area contributed by atoms with E-state index in [2.05, 4.69) is 17.1 Å². The van der Waals surface area contributed by atoms with Gasteiger partial charge in [0.2, 0.25) is 5.91 Å². The molecule has 2 fully saturated rings. The van der Waals surface area contributed by atoms with Gasteiger partial charge in [-0.15, -0.1) is 0 Å². The summed E-state index contributed by atoms with van der Waals surface area (Å²) in [5.74, 6) is -2.27. The lowest BCUT2D eigenvalue weighted by Gasteiger charge is -2.28. The molecule has 160 valence electrons. The van der Waals surface area contributed by atoms with Gasteiger partial charge in [-0.2, -0.15) is 0 Å². The molecule has 0 spiro atoms. The number of nitrogens with zero attached hydrogens (tertiary/aromatic N) is 1. The molecular formula is C22H30F2N2O3. The molecular weight excluding hydrogens is 378 g/mol. The van der Waals surface area contributed by atoms with Gasteiger partial charge >= 0.3 is 0 Å². The number of carbonyl (C=O) groups excluding carboxylic acids is 2. The van der Waals surface area contributed by atoms with Crippen molar-refractivity contribution in [2.24, 2.45) is 17.8 Å². The number of hydrogen-bond acceptors (Lipinski definition) is 4. The van der Waals surface area contributed by atoms with E-state index in [9.17, 15) is 18.4 Å². The van der Waals surface area contributed by atoms with Crippen molar-refractivity contribution in [1.29, 1.82) is 0 Å². The van der Waals surface area contributed by atoms with Crippen LogP contribution < -0.4 is 5.32 Å². The number of anilines is 1. The number of Topliss-reactive ketones (excluding diaryl/α,β-unsaturated/α-hetero) is 1. The van der Waals surface area contributed by atoms with Gasteiger partial charge in [0.15, 0.2) is 0 Å². The second kappa shape index (κ2) is 8.88. The normalized spacial score (nSPS) is 24.8. The summed E-state index contributed by atoms with van der Waals surface area (Å²) in [7, 11) is 1.71. The van der Waals surface area contributed by atoms with Crippen LogP contribution in [-0.4, -0.2) is 49.4 Å². The molecule has 29 heavy (non-hydrogen) atoms. The first-order valence-corrected chi connectivity index (χ1v) is 10.3. The minimum absolute atomic E-state index is 0.0706. The zero-order valence-corrected chi connectivity index (χ0v) is 17.3. The first kappa shape index (κ1) is 21.8. The zero-order valence-electron chi connectivity index (χ0n) is 17.3. The van der Waals surface area contributed by atoms with Crippen LogP contribution in [0.1, 0.15) is 38.7 Å². The van der Waals surface area contributed by atoms with Crippen molar-refractivity contribution in [3.05, 3.63) is 29.8 Å². The molecule has 1 saturated carbocycles. The minimum atomic E-state index is -2.96. The van der Waals surface area contributed by atoms with Gasteiger partial charge in [0, 0.05) is 63.2 Å². The van der Waals surface area contributed by atoms with Crippen LogP contribution in [0.15, 0.2) is 24.3 Å². The Morgan fingerprint density at radius 2 is 1.97 bits per heavy atom. The standard InChI is InChI=1S/C22H30F2N2O3/c1-4-16(13-29-3)26-11-17-18(12-26)21(17)19(27)8-9-20(28)25-15-7-5-6-14(10-15)22(2,23)24/h5-7,10,16-18,21H,4,8-9,11-13H2,1-3H3,(H,25,28)/t16?,17-,18+,21?. The maximum Gasteiger partial charge on any atom is 0.270 e. The summed E-state index contributed by atoms with van der Waals surface area (Å²) in [6.07, 6.45) is 1.30. The molecule has 3 rings (SSSR count). The number of amides is 1. The number of piperidine rings is 1. The molecule has 0 aromatic heterocycles. The number of benzene rings is 1. The first-order valence-electron chi connectivity index (χ1n) is 10.3. The number of nitrogens with one attached hydrogen (secondary N) is 1. The van der Waals surface area contributed by atoms with Crippen LogP contribution in [0.4, 0.5) is 14.5 Å². The Morgan fingerprint density at radius 3 is 2.55 bits per heavy atom. The van der Waals surface area contributed by atoms with E-state index in [4.69, 9.17) is 4.74 Å². The van der Waals surface area contributed by atoms with Crippen LogP contribution in [0.5, 0.6) is 0 Å². The molecule has 4 atom stereocenters. The number of alkyl halides is 2. The van der Waals surface area contributed by atoms with Crippen LogP contribution in [0.25, 0.3) is 0 Å². The summed E-state index contributed by atoms with van der Waals surface area (Å²) >= 11 is 0. The van der Waals surface area contributed by atoms with Gasteiger partial charge in [-0.3, -0.25) is 14.5 Å². The monoisotopic (exact) mass is 408 g/mol. The molecule has 1 saturated heterocycles. The van der Waals surface area contributed by atoms with Crippen LogP contribution in [0.3, 0.4) is 0 Å². The Morgan fingerprint density at radius 1 is 1.28 bits per heavy atom. The largest absolute Gasteiger partial charge is 0.383 e. The van der Waals surface area contributed by atoms with Crippen molar-refractivity contribution in [3.8, 4) is 0 Å². The Kier molecular flexibility index (Phi) is 6.69. The quantitative estimate of drug-likeness (QED) is 0.642. The number of halogens is 2. The number of hydrogen-bond donors (Lipinski definition) is 1. The van der Waals surface area contributed by atoms with Crippen LogP contribution >= 0.6 is 0 Å². The van der Waals surface area contributed by atoms with E-state index in [-0.39, 0.29) is 36.0 Å². The third kappa shape index (κ3) is 5.20. The average Bonchev–Trinajstić information content (AvgIpc) is 3.17. The summed E-state index contributed by atoms with van der Waals surface area (Å²) < 4.78 is 32.1. The first-order chi connectivity index (χ1) is 13.7. The third-order valence-electron chi connectivity index (χ3n) is 6.19. The van der Waals surface area contributed by atoms with E-state index in [0.29, 0.717) is 30.2 Å².